The summed E-state index contributed by atoms with van der Waals surface area (Å²) in [5.74, 6) is -5.19. The third kappa shape index (κ3) is 7.50. The van der Waals surface area contributed by atoms with Gasteiger partial charge in [-0.2, -0.15) is 13.2 Å². The fourth-order valence-electron chi connectivity index (χ4n) is 3.78. The largest absolute Gasteiger partial charge is 0.502 e. The van der Waals surface area contributed by atoms with Gasteiger partial charge in [0.1, 0.15) is 5.69 Å². The summed E-state index contributed by atoms with van der Waals surface area (Å²) in [4.78, 5) is 33.3. The smallest absolute Gasteiger partial charge is 0.490 e. The standard InChI is InChI=1S/C26H22F2N2O3S.C2HF3O2/c1-14(16-9-12-19(27)20(28)13-16)29-22(15-7-10-17(34-2)11-8-15)18-5-3-4-6-21(18)30-23-24(31)26(33)25(23)32;3-2(4,5)1(6)7/h3-14,22,29-31H,1-2H3;(H,6,7). The maximum absolute atomic E-state index is 13.9. The van der Waals surface area contributed by atoms with E-state index in [4.69, 9.17) is 9.90 Å². The van der Waals surface area contributed by atoms with E-state index in [0.29, 0.717) is 11.3 Å². The number of carboxylic acid groups (broad SMARTS) is 1. The van der Waals surface area contributed by atoms with Gasteiger partial charge in [-0.3, -0.25) is 14.9 Å². The summed E-state index contributed by atoms with van der Waals surface area (Å²) in [6.07, 6.45) is -3.10. The lowest BCUT2D eigenvalue weighted by Gasteiger charge is -2.27. The Morgan fingerprint density at radius 1 is 0.902 bits per heavy atom. The Balaban J connectivity index is 0.000000587. The average molecular weight is 595 g/mol. The van der Waals surface area contributed by atoms with E-state index in [1.54, 1.807) is 23.9 Å². The second-order valence-corrected chi connectivity index (χ2v) is 9.54. The van der Waals surface area contributed by atoms with Gasteiger partial charge >= 0.3 is 12.1 Å². The molecule has 2 unspecified atom stereocenters. The molecule has 0 spiro atoms. The maximum atomic E-state index is 13.9. The minimum absolute atomic E-state index is 0.150. The molecule has 0 amide bonds. The highest BCUT2D eigenvalue weighted by molar-refractivity contribution is 7.98. The zero-order chi connectivity index (χ0) is 30.5. The van der Waals surface area contributed by atoms with Crippen LogP contribution in [0.4, 0.5) is 33.3 Å². The molecule has 0 heterocycles. The van der Waals surface area contributed by atoms with Gasteiger partial charge in [0.15, 0.2) is 17.4 Å². The molecule has 4 aromatic carbocycles. The van der Waals surface area contributed by atoms with Crippen molar-refractivity contribution in [1.29, 1.82) is 0 Å². The molecule has 7 nitrogen and oxygen atoms in total. The van der Waals surface area contributed by atoms with Crippen molar-refractivity contribution in [3.05, 3.63) is 116 Å². The van der Waals surface area contributed by atoms with Gasteiger partial charge in [0.2, 0.25) is 0 Å². The molecule has 13 heteroatoms. The van der Waals surface area contributed by atoms with Crippen LogP contribution in [-0.4, -0.2) is 28.6 Å². The number of hydrogen-bond donors (Lipinski definition) is 4. The third-order valence-corrected chi connectivity index (χ3v) is 6.71. The molecule has 0 aromatic heterocycles. The van der Waals surface area contributed by atoms with Crippen LogP contribution in [-0.2, 0) is 4.79 Å². The number of para-hydroxylation sites is 1. The first-order chi connectivity index (χ1) is 19.2. The summed E-state index contributed by atoms with van der Waals surface area (Å²) in [7, 11) is 0. The molecule has 4 N–H and O–H groups in total. The van der Waals surface area contributed by atoms with Crippen LogP contribution in [0.1, 0.15) is 35.7 Å². The number of carbonyl (C=O) groups is 1. The second-order valence-electron chi connectivity index (χ2n) is 8.67. The van der Waals surface area contributed by atoms with E-state index >= 15 is 0 Å². The van der Waals surface area contributed by atoms with Crippen LogP contribution in [0, 0.1) is 11.6 Å². The molecule has 4 aromatic rings. The molecule has 0 radical (unpaired) electrons. The molecule has 0 saturated carbocycles. The zero-order valence-corrected chi connectivity index (χ0v) is 22.2. The van der Waals surface area contributed by atoms with Crippen molar-refractivity contribution in [1.82, 2.24) is 5.32 Å². The fraction of sp³-hybridized carbons (Fsp3) is 0.179. The number of aliphatic carboxylic acids is 1. The van der Waals surface area contributed by atoms with Crippen molar-refractivity contribution in [2.24, 2.45) is 0 Å². The summed E-state index contributed by atoms with van der Waals surface area (Å²) < 4.78 is 59.0. The number of hydrogen-bond acceptors (Lipinski definition) is 7. The van der Waals surface area contributed by atoms with E-state index in [-0.39, 0.29) is 11.7 Å². The Hall–Kier alpha value is -4.23. The van der Waals surface area contributed by atoms with Crippen molar-refractivity contribution in [3.63, 3.8) is 0 Å². The normalized spacial score (nSPS) is 12.8. The van der Waals surface area contributed by atoms with Crippen molar-refractivity contribution in [3.8, 4) is 5.75 Å². The Morgan fingerprint density at radius 2 is 1.49 bits per heavy atom. The first-order valence-electron chi connectivity index (χ1n) is 11.8. The van der Waals surface area contributed by atoms with E-state index in [1.165, 1.54) is 6.07 Å². The van der Waals surface area contributed by atoms with Crippen molar-refractivity contribution < 1.29 is 37.0 Å². The quantitative estimate of drug-likeness (QED) is 0.115. The summed E-state index contributed by atoms with van der Waals surface area (Å²) in [6.45, 7) is 1.84. The summed E-state index contributed by atoms with van der Waals surface area (Å²) >= 11 is 1.61. The lowest BCUT2D eigenvalue weighted by molar-refractivity contribution is -0.192. The second kappa shape index (κ2) is 13.0. The molecule has 0 saturated heterocycles. The Bertz CT molecular complexity index is 1600. The predicted octanol–water partition coefficient (Wildman–Crippen LogP) is 5.81. The number of rotatable bonds is 8. The molecule has 0 aliphatic heterocycles. The average Bonchev–Trinajstić information content (AvgIpc) is 2.95. The van der Waals surface area contributed by atoms with Crippen LogP contribution in [0.2, 0.25) is 0 Å². The fourth-order valence-corrected chi connectivity index (χ4v) is 4.19. The van der Waals surface area contributed by atoms with Gasteiger partial charge in [-0.15, -0.1) is 11.8 Å². The van der Waals surface area contributed by atoms with Crippen LogP contribution in [0.25, 0.3) is 0 Å². The van der Waals surface area contributed by atoms with E-state index < -0.39 is 46.4 Å². The number of carboxylic acids is 1. The maximum Gasteiger partial charge on any atom is 0.490 e. The highest BCUT2D eigenvalue weighted by Gasteiger charge is 2.38. The lowest BCUT2D eigenvalue weighted by Crippen LogP contribution is -2.33. The number of nitrogens with one attached hydrogen (secondary N) is 2. The number of alkyl halides is 3. The molecule has 0 fully saturated rings. The number of halogens is 5. The van der Waals surface area contributed by atoms with Gasteiger partial charge in [-0.1, -0.05) is 36.4 Å². The highest BCUT2D eigenvalue weighted by atomic mass is 32.2. The molecule has 0 aliphatic rings. The van der Waals surface area contributed by atoms with Crippen LogP contribution >= 0.6 is 11.8 Å². The van der Waals surface area contributed by atoms with E-state index in [9.17, 15) is 36.6 Å². The Morgan fingerprint density at radius 3 is 2.02 bits per heavy atom. The van der Waals surface area contributed by atoms with E-state index in [2.05, 4.69) is 10.6 Å². The molecule has 4 rings (SSSR count). The molecular formula is C28H23F5N2O5S. The van der Waals surface area contributed by atoms with Crippen molar-refractivity contribution >= 4 is 29.1 Å². The molecule has 0 bridgehead atoms. The first kappa shape index (κ1) is 31.3. The van der Waals surface area contributed by atoms with E-state index in [0.717, 1.165) is 28.2 Å². The lowest BCUT2D eigenvalue weighted by atomic mass is 9.95. The van der Waals surface area contributed by atoms with Gasteiger partial charge in [-0.05, 0) is 60.2 Å². The van der Waals surface area contributed by atoms with Crippen LogP contribution < -0.4 is 21.5 Å². The minimum atomic E-state index is -5.08. The van der Waals surface area contributed by atoms with Gasteiger partial charge in [0.05, 0.1) is 6.04 Å². The Kier molecular flexibility index (Phi) is 9.89. The van der Waals surface area contributed by atoms with Crippen molar-refractivity contribution in [2.45, 2.75) is 30.1 Å². The SMILES string of the molecule is CSc1ccc(C(NC(C)c2ccc(F)c(F)c2)c2ccccc2Nc2c(O)c(=O)c2=O)cc1.O=C(O)C(F)(F)F. The van der Waals surface area contributed by atoms with Crippen LogP contribution in [0.3, 0.4) is 0 Å². The highest BCUT2D eigenvalue weighted by Crippen LogP contribution is 2.34. The summed E-state index contributed by atoms with van der Waals surface area (Å²) in [5.41, 5.74) is 0.870. The van der Waals surface area contributed by atoms with Crippen molar-refractivity contribution in [2.75, 3.05) is 11.6 Å². The van der Waals surface area contributed by atoms with E-state index in [1.807, 2.05) is 49.6 Å². The summed E-state index contributed by atoms with van der Waals surface area (Å²) in [5, 5.41) is 23.3. The predicted molar refractivity (Wildman–Crippen MR) is 144 cm³/mol. The molecule has 0 aliphatic carbocycles. The Labute approximate surface area is 234 Å². The monoisotopic (exact) mass is 594 g/mol. The third-order valence-electron chi connectivity index (χ3n) is 5.97. The first-order valence-corrected chi connectivity index (χ1v) is 13.0. The van der Waals surface area contributed by atoms with Gasteiger partial charge in [-0.25, -0.2) is 13.6 Å². The zero-order valence-electron chi connectivity index (χ0n) is 21.4. The van der Waals surface area contributed by atoms with Crippen LogP contribution in [0.15, 0.2) is 81.2 Å². The number of benzene rings is 3. The molecule has 216 valence electrons. The molecular weight excluding hydrogens is 571 g/mol. The number of anilines is 2. The molecule has 2 atom stereocenters. The summed E-state index contributed by atoms with van der Waals surface area (Å²) in [6, 6.07) is 18.1. The van der Waals surface area contributed by atoms with Gasteiger partial charge < -0.3 is 15.5 Å². The van der Waals surface area contributed by atoms with Gasteiger partial charge in [0, 0.05) is 16.6 Å². The topological polar surface area (TPSA) is 116 Å². The van der Waals surface area contributed by atoms with Crippen LogP contribution in [0.5, 0.6) is 5.75 Å². The van der Waals surface area contributed by atoms with Gasteiger partial charge in [0.25, 0.3) is 10.9 Å². The number of thioether (sulfide) groups is 1. The number of aromatic hydroxyl groups is 1. The molecule has 41 heavy (non-hydrogen) atoms. The minimum Gasteiger partial charge on any atom is -0.502 e.